The molecule has 0 saturated carbocycles. The maximum Gasteiger partial charge on any atom is 0.264 e. The molecule has 0 atom stereocenters. The van der Waals surface area contributed by atoms with E-state index in [0.717, 1.165) is 0 Å². The number of halogens is 3. The molecule has 146 valence electrons. The zero-order valence-electron chi connectivity index (χ0n) is 14.0. The van der Waals surface area contributed by atoms with Gasteiger partial charge >= 0.3 is 0 Å². The Kier molecular flexibility index (Phi) is 4.96. The molecule has 0 aliphatic carbocycles. The molecule has 3 aromatic heterocycles. The van der Waals surface area contributed by atoms with Crippen molar-refractivity contribution in [2.45, 2.75) is 11.4 Å². The smallest absolute Gasteiger partial charge is 0.264 e. The predicted molar refractivity (Wildman–Crippen MR) is 107 cm³/mol. The number of fused-ring (bicyclic) bond motifs is 1. The summed E-state index contributed by atoms with van der Waals surface area (Å²) in [6.07, 6.45) is 5.69. The molecule has 2 N–H and O–H groups in total. The molecule has 3 heterocycles. The lowest BCUT2D eigenvalue weighted by Gasteiger charge is -2.08. The summed E-state index contributed by atoms with van der Waals surface area (Å²) < 4.78 is 29.8. The number of aromatic nitrogens is 6. The number of alkyl halides is 1. The van der Waals surface area contributed by atoms with Crippen LogP contribution in [0.3, 0.4) is 0 Å². The van der Waals surface area contributed by atoms with Gasteiger partial charge in [-0.05, 0) is 12.1 Å². The van der Waals surface area contributed by atoms with Gasteiger partial charge in [-0.15, -0.1) is 16.4 Å². The van der Waals surface area contributed by atoms with Gasteiger partial charge in [0, 0.05) is 17.5 Å². The SMILES string of the molecule is O=S(=O)(Nc1cnn(CCCl)c1Cl)c1c[nH]c2c(-n3nccn3)c(Cl)ccc12. The summed E-state index contributed by atoms with van der Waals surface area (Å²) in [5.41, 5.74) is 1.08. The topological polar surface area (TPSA) is 110 Å². The van der Waals surface area contributed by atoms with Crippen LogP contribution in [-0.2, 0) is 16.6 Å². The minimum absolute atomic E-state index is 0.0220. The van der Waals surface area contributed by atoms with Crippen LogP contribution in [-0.4, -0.2) is 44.1 Å². The number of hydrogen-bond acceptors (Lipinski definition) is 5. The minimum Gasteiger partial charge on any atom is -0.358 e. The number of aryl methyl sites for hydroxylation is 1. The Morgan fingerprint density at radius 2 is 1.89 bits per heavy atom. The minimum atomic E-state index is -3.96. The molecule has 4 rings (SSSR count). The van der Waals surface area contributed by atoms with Crippen LogP contribution in [0.4, 0.5) is 5.69 Å². The zero-order chi connectivity index (χ0) is 19.9. The van der Waals surface area contributed by atoms with Crippen molar-refractivity contribution in [3.63, 3.8) is 0 Å². The lowest BCUT2D eigenvalue weighted by atomic mass is 10.2. The Balaban J connectivity index is 1.78. The second-order valence-corrected chi connectivity index (χ2v) is 8.45. The van der Waals surface area contributed by atoms with Crippen LogP contribution < -0.4 is 4.72 Å². The number of sulfonamides is 1. The summed E-state index contributed by atoms with van der Waals surface area (Å²) in [5.74, 6) is 0.293. The molecule has 0 aliphatic heterocycles. The summed E-state index contributed by atoms with van der Waals surface area (Å²) in [6.45, 7) is 0.355. The Morgan fingerprint density at radius 3 is 2.61 bits per heavy atom. The van der Waals surface area contributed by atoms with Gasteiger partial charge in [0.15, 0.2) is 5.15 Å². The quantitative estimate of drug-likeness (QED) is 0.429. The molecule has 4 aromatic rings. The van der Waals surface area contributed by atoms with Crippen LogP contribution in [0.5, 0.6) is 0 Å². The maximum atomic E-state index is 13.0. The van der Waals surface area contributed by atoms with Gasteiger partial charge in [0.1, 0.15) is 16.3 Å². The number of H-pyrrole nitrogens is 1. The number of anilines is 1. The number of hydrogen-bond donors (Lipinski definition) is 2. The van der Waals surface area contributed by atoms with Crippen LogP contribution in [0.1, 0.15) is 0 Å². The van der Waals surface area contributed by atoms with Gasteiger partial charge in [-0.2, -0.15) is 15.3 Å². The summed E-state index contributed by atoms with van der Waals surface area (Å²) in [7, 11) is -3.96. The number of nitrogens with one attached hydrogen (secondary N) is 2. The summed E-state index contributed by atoms with van der Waals surface area (Å²) in [5, 5.41) is 13.1. The van der Waals surface area contributed by atoms with Crippen LogP contribution in [0.15, 0.2) is 41.8 Å². The Morgan fingerprint density at radius 1 is 1.14 bits per heavy atom. The Hall–Kier alpha value is -2.27. The van der Waals surface area contributed by atoms with Gasteiger partial charge < -0.3 is 4.98 Å². The van der Waals surface area contributed by atoms with Crippen molar-refractivity contribution in [2.24, 2.45) is 0 Å². The van der Waals surface area contributed by atoms with E-state index in [-0.39, 0.29) is 15.7 Å². The van der Waals surface area contributed by atoms with Crippen molar-refractivity contribution in [2.75, 3.05) is 10.6 Å². The molecule has 0 saturated heterocycles. The molecule has 13 heteroatoms. The lowest BCUT2D eigenvalue weighted by molar-refractivity contribution is 0.602. The molecular weight excluding hydrogens is 449 g/mol. The first kappa shape index (κ1) is 19.1. The summed E-state index contributed by atoms with van der Waals surface area (Å²) >= 11 is 18.1. The fourth-order valence-corrected chi connectivity index (χ4v) is 4.65. The van der Waals surface area contributed by atoms with Crippen molar-refractivity contribution >= 4 is 61.4 Å². The third-order valence-corrected chi connectivity index (χ3v) is 6.24. The summed E-state index contributed by atoms with van der Waals surface area (Å²) in [6, 6.07) is 3.19. The number of nitrogens with zero attached hydrogens (tertiary/aromatic N) is 5. The van der Waals surface area contributed by atoms with Crippen molar-refractivity contribution in [3.05, 3.63) is 47.1 Å². The largest absolute Gasteiger partial charge is 0.358 e. The van der Waals surface area contributed by atoms with Gasteiger partial charge in [0.2, 0.25) is 0 Å². The highest BCUT2D eigenvalue weighted by Gasteiger charge is 2.24. The second kappa shape index (κ2) is 7.28. The van der Waals surface area contributed by atoms with E-state index in [2.05, 4.69) is 25.0 Å². The second-order valence-electron chi connectivity index (χ2n) is 5.66. The molecule has 0 unspecified atom stereocenters. The molecule has 0 bridgehead atoms. The molecule has 0 fully saturated rings. The predicted octanol–water partition coefficient (Wildman–Crippen LogP) is 3.29. The third-order valence-electron chi connectivity index (χ3n) is 3.97. The first-order valence-corrected chi connectivity index (χ1v) is 10.7. The van der Waals surface area contributed by atoms with Crippen molar-refractivity contribution in [1.29, 1.82) is 0 Å². The van der Waals surface area contributed by atoms with E-state index < -0.39 is 10.0 Å². The first-order chi connectivity index (χ1) is 13.4. The van der Waals surface area contributed by atoms with Gasteiger partial charge in [-0.1, -0.05) is 23.2 Å². The maximum absolute atomic E-state index is 13.0. The van der Waals surface area contributed by atoms with Crippen LogP contribution in [0, 0.1) is 0 Å². The molecule has 0 amide bonds. The zero-order valence-corrected chi connectivity index (χ0v) is 17.1. The van der Waals surface area contributed by atoms with Crippen molar-refractivity contribution in [3.8, 4) is 5.69 Å². The van der Waals surface area contributed by atoms with Crippen LogP contribution in [0.25, 0.3) is 16.6 Å². The van der Waals surface area contributed by atoms with E-state index in [1.54, 1.807) is 12.1 Å². The van der Waals surface area contributed by atoms with Gasteiger partial charge in [0.25, 0.3) is 10.0 Å². The van der Waals surface area contributed by atoms with Gasteiger partial charge in [-0.25, -0.2) is 8.42 Å². The molecule has 0 aliphatic rings. The first-order valence-electron chi connectivity index (χ1n) is 7.88. The molecule has 9 nitrogen and oxygen atoms in total. The van der Waals surface area contributed by atoms with Crippen LogP contribution in [0.2, 0.25) is 10.2 Å². The van der Waals surface area contributed by atoms with Crippen LogP contribution >= 0.6 is 34.8 Å². The Labute approximate surface area is 174 Å². The molecule has 0 radical (unpaired) electrons. The highest BCUT2D eigenvalue weighted by Crippen LogP contribution is 2.33. The molecular formula is C15H12Cl3N7O2S. The van der Waals surface area contributed by atoms with E-state index >= 15 is 0 Å². The average molecular weight is 461 g/mol. The molecule has 28 heavy (non-hydrogen) atoms. The molecule has 1 aromatic carbocycles. The highest BCUT2D eigenvalue weighted by atomic mass is 35.5. The van der Waals surface area contributed by atoms with E-state index in [0.29, 0.717) is 34.0 Å². The summed E-state index contributed by atoms with van der Waals surface area (Å²) in [4.78, 5) is 4.28. The van der Waals surface area contributed by atoms with E-state index in [1.165, 1.54) is 34.3 Å². The normalized spacial score (nSPS) is 12.0. The fraction of sp³-hybridized carbons (Fsp3) is 0.133. The van der Waals surface area contributed by atoms with Gasteiger partial charge in [0.05, 0.1) is 35.7 Å². The van der Waals surface area contributed by atoms with Crippen molar-refractivity contribution < 1.29 is 8.42 Å². The fourth-order valence-electron chi connectivity index (χ4n) is 2.76. The monoisotopic (exact) mass is 459 g/mol. The van der Waals surface area contributed by atoms with E-state index in [1.807, 2.05) is 0 Å². The number of aromatic amines is 1. The lowest BCUT2D eigenvalue weighted by Crippen LogP contribution is -2.12. The molecule has 0 spiro atoms. The Bertz CT molecular complexity index is 1250. The van der Waals surface area contributed by atoms with Gasteiger partial charge in [-0.3, -0.25) is 9.40 Å². The standard InChI is InChI=1S/C15H12Cl3N7O2S/c16-3-6-24-15(18)11(7-22-24)23-28(26,27)12-8-19-13-9(12)1-2-10(17)14(13)25-20-4-5-21-25/h1-2,4-5,7-8,19,23H,3,6H2. The van der Waals surface area contributed by atoms with Crippen molar-refractivity contribution in [1.82, 2.24) is 29.8 Å². The van der Waals surface area contributed by atoms with E-state index in [9.17, 15) is 8.42 Å². The third kappa shape index (κ3) is 3.22. The average Bonchev–Trinajstić information content (AvgIpc) is 3.38. The highest BCUT2D eigenvalue weighted by molar-refractivity contribution is 7.93. The number of benzene rings is 1. The number of rotatable bonds is 6. The van der Waals surface area contributed by atoms with E-state index in [4.69, 9.17) is 34.8 Å².